The van der Waals surface area contributed by atoms with E-state index in [9.17, 15) is 10.1 Å². The fourth-order valence-electron chi connectivity index (χ4n) is 2.13. The molecule has 0 spiro atoms. The first kappa shape index (κ1) is 11.9. The van der Waals surface area contributed by atoms with Crippen molar-refractivity contribution in [1.29, 1.82) is 0 Å². The maximum absolute atomic E-state index is 10.9. The highest BCUT2D eigenvalue weighted by molar-refractivity contribution is 5.62. The molecule has 0 unspecified atom stereocenters. The Morgan fingerprint density at radius 2 is 2.24 bits per heavy atom. The van der Waals surface area contributed by atoms with Gasteiger partial charge >= 0.3 is 0 Å². The number of hydrogen-bond donors (Lipinski definition) is 1. The molecular weight excluding hydrogens is 216 g/mol. The predicted octanol–water partition coefficient (Wildman–Crippen LogP) is 3.51. The van der Waals surface area contributed by atoms with Crippen molar-refractivity contribution in [2.45, 2.75) is 32.6 Å². The second-order valence-corrected chi connectivity index (χ2v) is 4.79. The lowest BCUT2D eigenvalue weighted by molar-refractivity contribution is -0.384. The number of nitrogens with zero attached hydrogens (tertiary/aromatic N) is 1. The molecule has 0 atom stereocenters. The third-order valence-corrected chi connectivity index (χ3v) is 3.44. The molecule has 0 aromatic heterocycles. The van der Waals surface area contributed by atoms with E-state index in [1.165, 1.54) is 19.3 Å². The van der Waals surface area contributed by atoms with Crippen molar-refractivity contribution in [1.82, 2.24) is 0 Å². The maximum Gasteiger partial charge on any atom is 0.292 e. The van der Waals surface area contributed by atoms with Crippen LogP contribution in [0.5, 0.6) is 0 Å². The Labute approximate surface area is 101 Å². The van der Waals surface area contributed by atoms with Crippen LogP contribution in [0.25, 0.3) is 0 Å². The summed E-state index contributed by atoms with van der Waals surface area (Å²) in [6.07, 6.45) is 5.09. The summed E-state index contributed by atoms with van der Waals surface area (Å²) in [4.78, 5) is 10.6. The molecule has 1 aliphatic carbocycles. The molecule has 0 heterocycles. The average molecular weight is 234 g/mol. The Morgan fingerprint density at radius 1 is 1.47 bits per heavy atom. The first-order valence-corrected chi connectivity index (χ1v) is 6.16. The minimum absolute atomic E-state index is 0.179. The van der Waals surface area contributed by atoms with Gasteiger partial charge in [-0.15, -0.1) is 0 Å². The molecule has 1 fully saturated rings. The normalized spacial score (nSPS) is 15.4. The van der Waals surface area contributed by atoms with E-state index in [0.29, 0.717) is 5.69 Å². The highest BCUT2D eigenvalue weighted by atomic mass is 16.6. The number of nitrogens with one attached hydrogen (secondary N) is 1. The van der Waals surface area contributed by atoms with Crippen LogP contribution in [0.3, 0.4) is 0 Å². The van der Waals surface area contributed by atoms with E-state index in [-0.39, 0.29) is 10.6 Å². The minimum Gasteiger partial charge on any atom is -0.379 e. The molecule has 1 aliphatic rings. The van der Waals surface area contributed by atoms with Gasteiger partial charge in [0.2, 0.25) is 0 Å². The first-order chi connectivity index (χ1) is 8.16. The summed E-state index contributed by atoms with van der Waals surface area (Å²) in [7, 11) is 0. The molecule has 1 aromatic rings. The van der Waals surface area contributed by atoms with Gasteiger partial charge in [0, 0.05) is 12.6 Å². The Morgan fingerprint density at radius 3 is 2.82 bits per heavy atom. The summed E-state index contributed by atoms with van der Waals surface area (Å²) in [5, 5.41) is 14.1. The number of benzene rings is 1. The molecule has 92 valence electrons. The van der Waals surface area contributed by atoms with Crippen molar-refractivity contribution in [2.75, 3.05) is 11.9 Å². The van der Waals surface area contributed by atoms with Gasteiger partial charge in [-0.3, -0.25) is 10.1 Å². The van der Waals surface area contributed by atoms with Crippen molar-refractivity contribution < 1.29 is 4.92 Å². The zero-order valence-corrected chi connectivity index (χ0v) is 10.1. The zero-order valence-electron chi connectivity index (χ0n) is 10.1. The fourth-order valence-corrected chi connectivity index (χ4v) is 2.13. The topological polar surface area (TPSA) is 55.2 Å². The van der Waals surface area contributed by atoms with Crippen LogP contribution in [0.1, 0.15) is 31.2 Å². The predicted molar refractivity (Wildman–Crippen MR) is 68.3 cm³/mol. The van der Waals surface area contributed by atoms with Crippen LogP contribution >= 0.6 is 0 Å². The third kappa shape index (κ3) is 2.96. The highest BCUT2D eigenvalue weighted by Gasteiger charge is 2.18. The van der Waals surface area contributed by atoms with E-state index in [0.717, 1.165) is 24.4 Å². The summed E-state index contributed by atoms with van der Waals surface area (Å²) in [6, 6.07) is 5.32. The molecule has 0 aliphatic heterocycles. The van der Waals surface area contributed by atoms with Gasteiger partial charge in [0.25, 0.3) is 5.69 Å². The SMILES string of the molecule is Cc1ccc(NCCC2CCC2)c([N+](=O)[O-])c1. The summed E-state index contributed by atoms with van der Waals surface area (Å²) < 4.78 is 0. The Balaban J connectivity index is 1.96. The molecule has 4 nitrogen and oxygen atoms in total. The van der Waals surface area contributed by atoms with Crippen molar-refractivity contribution in [3.8, 4) is 0 Å². The second kappa shape index (κ2) is 5.17. The number of anilines is 1. The van der Waals surface area contributed by atoms with E-state index in [1.54, 1.807) is 12.1 Å². The minimum atomic E-state index is -0.321. The quantitative estimate of drug-likeness (QED) is 0.626. The van der Waals surface area contributed by atoms with Gasteiger partial charge in [-0.1, -0.05) is 25.3 Å². The summed E-state index contributed by atoms with van der Waals surface area (Å²) >= 11 is 0. The molecule has 2 rings (SSSR count). The van der Waals surface area contributed by atoms with E-state index >= 15 is 0 Å². The van der Waals surface area contributed by atoms with Crippen LogP contribution < -0.4 is 5.32 Å². The molecule has 0 bridgehead atoms. The zero-order chi connectivity index (χ0) is 12.3. The van der Waals surface area contributed by atoms with Crippen molar-refractivity contribution in [3.05, 3.63) is 33.9 Å². The van der Waals surface area contributed by atoms with Crippen LogP contribution in [0, 0.1) is 23.0 Å². The van der Waals surface area contributed by atoms with E-state index in [1.807, 2.05) is 13.0 Å². The summed E-state index contributed by atoms with van der Waals surface area (Å²) in [5.41, 5.74) is 1.74. The molecule has 1 aromatic carbocycles. The lowest BCUT2D eigenvalue weighted by Crippen LogP contribution is -2.16. The van der Waals surface area contributed by atoms with Crippen molar-refractivity contribution in [3.63, 3.8) is 0 Å². The molecule has 0 saturated heterocycles. The Hall–Kier alpha value is -1.58. The van der Waals surface area contributed by atoms with E-state index in [2.05, 4.69) is 5.32 Å². The molecule has 0 amide bonds. The average Bonchev–Trinajstić information content (AvgIpc) is 2.23. The van der Waals surface area contributed by atoms with Crippen LogP contribution in [-0.4, -0.2) is 11.5 Å². The van der Waals surface area contributed by atoms with Gasteiger partial charge in [0.1, 0.15) is 5.69 Å². The Bertz CT molecular complexity index is 414. The third-order valence-electron chi connectivity index (χ3n) is 3.44. The number of hydrogen-bond acceptors (Lipinski definition) is 3. The summed E-state index contributed by atoms with van der Waals surface area (Å²) in [6.45, 7) is 2.69. The smallest absolute Gasteiger partial charge is 0.292 e. The lowest BCUT2D eigenvalue weighted by Gasteiger charge is -2.25. The Kier molecular flexibility index (Phi) is 3.61. The standard InChI is InChI=1S/C13H18N2O2/c1-10-5-6-12(13(9-10)15(16)17)14-8-7-11-3-2-4-11/h5-6,9,11,14H,2-4,7-8H2,1H3. The van der Waals surface area contributed by atoms with Gasteiger partial charge < -0.3 is 5.32 Å². The van der Waals surface area contributed by atoms with E-state index < -0.39 is 0 Å². The number of nitro benzene ring substituents is 1. The molecule has 17 heavy (non-hydrogen) atoms. The highest BCUT2D eigenvalue weighted by Crippen LogP contribution is 2.30. The van der Waals surface area contributed by atoms with Crippen LogP contribution in [0.2, 0.25) is 0 Å². The monoisotopic (exact) mass is 234 g/mol. The van der Waals surface area contributed by atoms with Gasteiger partial charge in [-0.05, 0) is 30.9 Å². The second-order valence-electron chi connectivity index (χ2n) is 4.79. The first-order valence-electron chi connectivity index (χ1n) is 6.16. The van der Waals surface area contributed by atoms with Crippen LogP contribution in [-0.2, 0) is 0 Å². The molecule has 0 radical (unpaired) electrons. The fraction of sp³-hybridized carbons (Fsp3) is 0.538. The van der Waals surface area contributed by atoms with Gasteiger partial charge in [-0.25, -0.2) is 0 Å². The van der Waals surface area contributed by atoms with Crippen molar-refractivity contribution >= 4 is 11.4 Å². The molecule has 1 N–H and O–H groups in total. The number of rotatable bonds is 5. The van der Waals surface area contributed by atoms with Crippen LogP contribution in [0.15, 0.2) is 18.2 Å². The maximum atomic E-state index is 10.9. The largest absolute Gasteiger partial charge is 0.379 e. The molecule has 4 heteroatoms. The number of aryl methyl sites for hydroxylation is 1. The van der Waals surface area contributed by atoms with Gasteiger partial charge in [0.15, 0.2) is 0 Å². The summed E-state index contributed by atoms with van der Waals surface area (Å²) in [5.74, 6) is 0.826. The molecular formula is C13H18N2O2. The number of nitro groups is 1. The molecule has 1 saturated carbocycles. The van der Waals surface area contributed by atoms with Gasteiger partial charge in [-0.2, -0.15) is 0 Å². The van der Waals surface area contributed by atoms with Gasteiger partial charge in [0.05, 0.1) is 4.92 Å². The van der Waals surface area contributed by atoms with Crippen molar-refractivity contribution in [2.24, 2.45) is 5.92 Å². The lowest BCUT2D eigenvalue weighted by atomic mass is 9.83. The van der Waals surface area contributed by atoms with E-state index in [4.69, 9.17) is 0 Å². The van der Waals surface area contributed by atoms with Crippen LogP contribution in [0.4, 0.5) is 11.4 Å².